The molecule has 0 saturated heterocycles. The molecule has 1 atom stereocenters. The topological polar surface area (TPSA) is 162 Å². The Bertz CT molecular complexity index is 1470. The Balaban J connectivity index is 1.98. The van der Waals surface area contributed by atoms with Crippen molar-refractivity contribution in [2.45, 2.75) is 52.4 Å². The maximum atomic E-state index is 13.4. The SMILES string of the molecule is CCN(Cc1cc([N+](=O)[O-])ccc1OC(C(=O)Nc1cc(C)ccc1Cl)C(=O)C(C)(C)C)C(=O)Sc1nnnn1C. The van der Waals surface area contributed by atoms with Crippen LogP contribution in [0, 0.1) is 22.5 Å². The molecule has 1 N–H and O–H groups in total. The molecule has 218 valence electrons. The predicted octanol–water partition coefficient (Wildman–Crippen LogP) is 4.82. The molecule has 0 aliphatic rings. The summed E-state index contributed by atoms with van der Waals surface area (Å²) in [6.45, 7) is 8.60. The van der Waals surface area contributed by atoms with Gasteiger partial charge >= 0.3 is 0 Å². The number of ketones is 1. The second kappa shape index (κ2) is 13.1. The minimum Gasteiger partial charge on any atom is -0.472 e. The summed E-state index contributed by atoms with van der Waals surface area (Å²) in [6, 6.07) is 8.80. The van der Waals surface area contributed by atoms with E-state index in [-0.39, 0.29) is 40.3 Å². The number of rotatable bonds is 10. The molecule has 0 spiro atoms. The number of nitrogens with zero attached hydrogens (tertiary/aromatic N) is 6. The first-order valence-corrected chi connectivity index (χ1v) is 13.6. The fourth-order valence-electron chi connectivity index (χ4n) is 3.56. The van der Waals surface area contributed by atoms with Crippen molar-refractivity contribution in [2.24, 2.45) is 12.5 Å². The largest absolute Gasteiger partial charge is 0.472 e. The third-order valence-electron chi connectivity index (χ3n) is 5.86. The number of hydrogen-bond acceptors (Lipinski definition) is 10. The van der Waals surface area contributed by atoms with Crippen LogP contribution in [0.3, 0.4) is 0 Å². The predicted molar refractivity (Wildman–Crippen MR) is 153 cm³/mol. The van der Waals surface area contributed by atoms with Crippen molar-refractivity contribution in [1.29, 1.82) is 0 Å². The number of tetrazole rings is 1. The van der Waals surface area contributed by atoms with Gasteiger partial charge in [-0.2, -0.15) is 0 Å². The van der Waals surface area contributed by atoms with Crippen LogP contribution in [0.5, 0.6) is 5.75 Å². The number of aromatic nitrogens is 4. The fourth-order valence-corrected chi connectivity index (χ4v) is 4.45. The molecule has 2 amide bonds. The maximum absolute atomic E-state index is 13.4. The van der Waals surface area contributed by atoms with E-state index in [9.17, 15) is 24.5 Å². The lowest BCUT2D eigenvalue weighted by Crippen LogP contribution is -2.45. The van der Waals surface area contributed by atoms with E-state index in [0.717, 1.165) is 17.3 Å². The summed E-state index contributed by atoms with van der Waals surface area (Å²) < 4.78 is 7.35. The summed E-state index contributed by atoms with van der Waals surface area (Å²) in [6.07, 6.45) is -1.63. The number of amides is 2. The van der Waals surface area contributed by atoms with Gasteiger partial charge in [-0.05, 0) is 48.0 Å². The van der Waals surface area contributed by atoms with E-state index >= 15 is 0 Å². The molecule has 13 nitrogen and oxygen atoms in total. The highest BCUT2D eigenvalue weighted by Gasteiger charge is 2.37. The number of hydrogen-bond donors (Lipinski definition) is 1. The van der Waals surface area contributed by atoms with Gasteiger partial charge in [0.1, 0.15) is 5.75 Å². The Hall–Kier alpha value is -4.04. The van der Waals surface area contributed by atoms with Crippen molar-refractivity contribution in [2.75, 3.05) is 11.9 Å². The molecule has 0 radical (unpaired) electrons. The Morgan fingerprint density at radius 3 is 2.51 bits per heavy atom. The van der Waals surface area contributed by atoms with Gasteiger partial charge in [0.25, 0.3) is 16.8 Å². The standard InChI is InChI=1S/C26H30ClN7O6S/c1-7-33(25(37)41-24-29-30-31-32(24)6)14-16-13-17(34(38)39)9-11-20(16)40-21(22(35)26(3,4)5)23(36)28-19-12-15(2)8-10-18(19)27/h8-13,21H,7,14H2,1-6H3,(H,28,36). The fraction of sp³-hybridized carbons (Fsp3) is 0.385. The number of Topliss-reactive ketones (excluding diaryl/α,β-unsaturated/α-hetero) is 1. The van der Waals surface area contributed by atoms with Crippen LogP contribution in [0.25, 0.3) is 0 Å². The van der Waals surface area contributed by atoms with Gasteiger partial charge in [-0.15, -0.1) is 5.10 Å². The van der Waals surface area contributed by atoms with Gasteiger partial charge in [0, 0.05) is 48.5 Å². The summed E-state index contributed by atoms with van der Waals surface area (Å²) in [5.74, 6) is -1.27. The Kier molecular flexibility index (Phi) is 10.0. The third-order valence-corrected chi connectivity index (χ3v) is 7.15. The number of benzene rings is 2. The molecule has 2 aromatic carbocycles. The lowest BCUT2D eigenvalue weighted by molar-refractivity contribution is -0.385. The number of non-ortho nitro benzene ring substituents is 1. The Morgan fingerprint density at radius 1 is 1.22 bits per heavy atom. The normalized spacial score (nSPS) is 12.0. The molecule has 0 fully saturated rings. The van der Waals surface area contributed by atoms with Crippen LogP contribution in [0.2, 0.25) is 5.02 Å². The number of nitrogens with one attached hydrogen (secondary N) is 1. The van der Waals surface area contributed by atoms with Crippen molar-refractivity contribution in [3.63, 3.8) is 0 Å². The monoisotopic (exact) mass is 603 g/mol. The third kappa shape index (κ3) is 8.01. The zero-order valence-electron chi connectivity index (χ0n) is 23.4. The van der Waals surface area contributed by atoms with Crippen molar-refractivity contribution in [3.8, 4) is 5.75 Å². The van der Waals surface area contributed by atoms with E-state index < -0.39 is 33.4 Å². The van der Waals surface area contributed by atoms with Crippen molar-refractivity contribution in [1.82, 2.24) is 25.1 Å². The average Bonchev–Trinajstić information content (AvgIpc) is 3.30. The van der Waals surface area contributed by atoms with Crippen LogP contribution in [-0.4, -0.2) is 59.6 Å². The van der Waals surface area contributed by atoms with Gasteiger partial charge < -0.3 is 15.0 Å². The maximum Gasteiger partial charge on any atom is 0.289 e. The average molecular weight is 604 g/mol. The quantitative estimate of drug-likeness (QED) is 0.147. The molecule has 0 aliphatic carbocycles. The van der Waals surface area contributed by atoms with Crippen LogP contribution in [0.1, 0.15) is 38.8 Å². The van der Waals surface area contributed by atoms with E-state index in [1.807, 2.05) is 6.92 Å². The molecule has 0 aliphatic heterocycles. The van der Waals surface area contributed by atoms with Crippen LogP contribution in [-0.2, 0) is 23.2 Å². The van der Waals surface area contributed by atoms with Gasteiger partial charge in [0.2, 0.25) is 11.3 Å². The number of anilines is 1. The number of ether oxygens (including phenoxy) is 1. The number of nitro benzene ring substituents is 1. The second-order valence-corrected chi connectivity index (χ2v) is 11.4. The number of nitro groups is 1. The van der Waals surface area contributed by atoms with Gasteiger partial charge in [0.05, 0.1) is 22.2 Å². The van der Waals surface area contributed by atoms with E-state index in [1.165, 1.54) is 27.8 Å². The molecule has 15 heteroatoms. The van der Waals surface area contributed by atoms with Crippen molar-refractivity contribution in [3.05, 3.63) is 62.7 Å². The number of carbonyl (C=O) groups is 3. The molecule has 1 unspecified atom stereocenters. The number of carbonyl (C=O) groups excluding carboxylic acids is 3. The van der Waals surface area contributed by atoms with Gasteiger partial charge in [0.15, 0.2) is 5.78 Å². The number of halogens is 1. The Morgan fingerprint density at radius 2 is 1.93 bits per heavy atom. The zero-order valence-corrected chi connectivity index (χ0v) is 24.9. The first-order valence-electron chi connectivity index (χ1n) is 12.5. The molecular formula is C26H30ClN7O6S. The summed E-state index contributed by atoms with van der Waals surface area (Å²) in [5.41, 5.74) is 0.121. The van der Waals surface area contributed by atoms with E-state index in [1.54, 1.807) is 52.9 Å². The molecule has 1 aromatic heterocycles. The first-order chi connectivity index (χ1) is 19.2. The lowest BCUT2D eigenvalue weighted by Gasteiger charge is -2.27. The van der Waals surface area contributed by atoms with Crippen LogP contribution < -0.4 is 10.1 Å². The minimum absolute atomic E-state index is 0.0280. The minimum atomic E-state index is -1.63. The van der Waals surface area contributed by atoms with E-state index in [0.29, 0.717) is 5.69 Å². The van der Waals surface area contributed by atoms with Crippen LogP contribution in [0.15, 0.2) is 41.6 Å². The molecular weight excluding hydrogens is 574 g/mol. The molecule has 1 heterocycles. The number of aryl methyl sites for hydroxylation is 2. The molecule has 0 saturated carbocycles. The van der Waals surface area contributed by atoms with Crippen molar-refractivity contribution < 1.29 is 24.0 Å². The Labute approximate surface area is 245 Å². The summed E-state index contributed by atoms with van der Waals surface area (Å²) in [4.78, 5) is 52.3. The van der Waals surface area contributed by atoms with Gasteiger partial charge in [-0.3, -0.25) is 24.5 Å². The van der Waals surface area contributed by atoms with E-state index in [4.69, 9.17) is 16.3 Å². The van der Waals surface area contributed by atoms with E-state index in [2.05, 4.69) is 20.8 Å². The first kappa shape index (κ1) is 31.5. The molecule has 3 rings (SSSR count). The zero-order chi connectivity index (χ0) is 30.5. The van der Waals surface area contributed by atoms with Crippen LogP contribution in [0.4, 0.5) is 16.2 Å². The molecule has 3 aromatic rings. The van der Waals surface area contributed by atoms with Gasteiger partial charge in [-0.25, -0.2) is 4.68 Å². The smallest absolute Gasteiger partial charge is 0.289 e. The lowest BCUT2D eigenvalue weighted by atomic mass is 9.87. The highest BCUT2D eigenvalue weighted by atomic mass is 35.5. The second-order valence-electron chi connectivity index (χ2n) is 10.1. The summed E-state index contributed by atoms with van der Waals surface area (Å²) in [5, 5.41) is 25.3. The summed E-state index contributed by atoms with van der Waals surface area (Å²) >= 11 is 7.04. The molecule has 0 bridgehead atoms. The van der Waals surface area contributed by atoms with Gasteiger partial charge in [-0.1, -0.05) is 38.4 Å². The summed E-state index contributed by atoms with van der Waals surface area (Å²) in [7, 11) is 1.58. The highest BCUT2D eigenvalue weighted by Crippen LogP contribution is 2.31. The number of thioether (sulfide) groups is 1. The van der Waals surface area contributed by atoms with Crippen molar-refractivity contribution >= 4 is 51.7 Å². The molecule has 41 heavy (non-hydrogen) atoms. The highest BCUT2D eigenvalue weighted by molar-refractivity contribution is 8.13. The van der Waals surface area contributed by atoms with Crippen LogP contribution >= 0.6 is 23.4 Å².